The zero-order valence-electron chi connectivity index (χ0n) is 12.5. The molecule has 0 aliphatic carbocycles. The molecule has 0 N–H and O–H groups in total. The first kappa shape index (κ1) is 9.45. The van der Waals surface area contributed by atoms with Gasteiger partial charge in [0, 0.05) is 1.37 Å². The second kappa shape index (κ2) is 5.34. The molecule has 0 nitrogen and oxygen atoms in total. The minimum absolute atomic E-state index is 0.242. The molecule has 1 rings (SSSR count). The first-order chi connectivity index (χ1) is 8.15. The van der Waals surface area contributed by atoms with Crippen LogP contribution in [0.4, 0.5) is 0 Å². The Labute approximate surface area is 97.5 Å². The summed E-state index contributed by atoms with van der Waals surface area (Å²) in [5.74, 6) is 0. The fraction of sp³-hybridized carbons (Fsp3) is 0.600. The van der Waals surface area contributed by atoms with E-state index in [4.69, 9.17) is 2.74 Å². The van der Waals surface area contributed by atoms with Gasteiger partial charge in [0.25, 0.3) is 0 Å². The summed E-state index contributed by atoms with van der Waals surface area (Å²) < 4.78 is 16.0. The third-order valence-corrected chi connectivity index (χ3v) is 3.17. The minimum atomic E-state index is 0.242. The quantitative estimate of drug-likeness (QED) is 0.691. The van der Waals surface area contributed by atoms with Gasteiger partial charge < -0.3 is 0 Å². The summed E-state index contributed by atoms with van der Waals surface area (Å²) in [6.07, 6.45) is 3.88. The average molecular weight is 206 g/mol. The van der Waals surface area contributed by atoms with Gasteiger partial charge in [-0.05, 0) is 60.4 Å². The molecule has 84 valence electrons. The maximum absolute atomic E-state index is 8.29. The molecule has 15 heavy (non-hydrogen) atoms. The largest absolute Gasteiger partial charge is 0.0629 e. The highest BCUT2D eigenvalue weighted by Gasteiger charge is 2.11. The molecule has 0 saturated carbocycles. The van der Waals surface area contributed by atoms with Crippen molar-refractivity contribution in [2.24, 2.45) is 0 Å². The summed E-state index contributed by atoms with van der Waals surface area (Å²) >= 11 is 0. The van der Waals surface area contributed by atoms with E-state index in [-0.39, 0.29) is 6.90 Å². The SMILES string of the molecule is [2H]Cc1c([2H])c(CC)c(CC)c(CC)c1CC. The van der Waals surface area contributed by atoms with Gasteiger partial charge in [0.2, 0.25) is 0 Å². The van der Waals surface area contributed by atoms with E-state index in [1.165, 1.54) is 22.3 Å². The summed E-state index contributed by atoms with van der Waals surface area (Å²) in [6.45, 7) is 8.85. The highest BCUT2D eigenvalue weighted by atomic mass is 14.2. The lowest BCUT2D eigenvalue weighted by Gasteiger charge is -2.18. The molecule has 0 unspecified atom stereocenters. The third kappa shape index (κ3) is 2.25. The molecule has 0 aliphatic heterocycles. The molecule has 0 atom stereocenters. The first-order valence-corrected chi connectivity index (χ1v) is 6.10. The third-order valence-electron chi connectivity index (χ3n) is 3.17. The number of rotatable bonds is 4. The lowest BCUT2D eigenvalue weighted by Crippen LogP contribution is -2.04. The Hall–Kier alpha value is -0.780. The molecule has 0 bridgehead atoms. The van der Waals surface area contributed by atoms with Crippen LogP contribution in [0, 0.1) is 6.90 Å². The van der Waals surface area contributed by atoms with E-state index in [0.29, 0.717) is 6.04 Å². The van der Waals surface area contributed by atoms with E-state index in [1.807, 2.05) is 0 Å². The predicted octanol–water partition coefficient (Wildman–Crippen LogP) is 4.24. The van der Waals surface area contributed by atoms with E-state index in [9.17, 15) is 0 Å². The molecule has 1 aromatic rings. The van der Waals surface area contributed by atoms with Gasteiger partial charge in [0.15, 0.2) is 0 Å². The number of hydrogen-bond donors (Lipinski definition) is 0. The lowest BCUT2D eigenvalue weighted by atomic mass is 9.87. The van der Waals surface area contributed by atoms with Gasteiger partial charge in [0.1, 0.15) is 0 Å². The van der Waals surface area contributed by atoms with Crippen molar-refractivity contribution in [3.8, 4) is 0 Å². The minimum Gasteiger partial charge on any atom is -0.0613 e. The van der Waals surface area contributed by atoms with E-state index in [2.05, 4.69) is 27.7 Å². The Kier molecular flexibility index (Phi) is 3.37. The highest BCUT2D eigenvalue weighted by molar-refractivity contribution is 5.46. The van der Waals surface area contributed by atoms with Crippen molar-refractivity contribution < 1.29 is 2.74 Å². The predicted molar refractivity (Wildman–Crippen MR) is 68.7 cm³/mol. The Balaban J connectivity index is 3.66. The van der Waals surface area contributed by atoms with Crippen LogP contribution in [-0.2, 0) is 25.7 Å². The first-order valence-electron chi connectivity index (χ1n) is 7.30. The van der Waals surface area contributed by atoms with Crippen molar-refractivity contribution in [1.82, 2.24) is 0 Å². The average Bonchev–Trinajstić information content (AvgIpc) is 2.36. The van der Waals surface area contributed by atoms with E-state index in [1.54, 1.807) is 0 Å². The van der Waals surface area contributed by atoms with E-state index in [0.717, 1.165) is 31.2 Å². The van der Waals surface area contributed by atoms with Crippen LogP contribution >= 0.6 is 0 Å². The van der Waals surface area contributed by atoms with Crippen LogP contribution in [0.2, 0.25) is 0 Å². The van der Waals surface area contributed by atoms with E-state index < -0.39 is 0 Å². The van der Waals surface area contributed by atoms with Gasteiger partial charge in [-0.2, -0.15) is 0 Å². The van der Waals surface area contributed by atoms with Gasteiger partial charge in [0.05, 0.1) is 1.37 Å². The van der Waals surface area contributed by atoms with Crippen molar-refractivity contribution in [2.75, 3.05) is 0 Å². The normalized spacial score (nSPS) is 12.5. The summed E-state index contributed by atoms with van der Waals surface area (Å²) in [5, 5.41) is 0. The highest BCUT2D eigenvalue weighted by Crippen LogP contribution is 2.25. The van der Waals surface area contributed by atoms with Crippen LogP contribution < -0.4 is 0 Å². The zero-order chi connectivity index (χ0) is 13.0. The molecule has 0 aliphatic rings. The van der Waals surface area contributed by atoms with Crippen LogP contribution in [0.1, 0.15) is 58.3 Å². The van der Waals surface area contributed by atoms with Crippen molar-refractivity contribution in [3.63, 3.8) is 0 Å². The van der Waals surface area contributed by atoms with Crippen LogP contribution in [0.25, 0.3) is 0 Å². The van der Waals surface area contributed by atoms with Crippen LogP contribution in [0.5, 0.6) is 0 Å². The van der Waals surface area contributed by atoms with Crippen LogP contribution in [0.3, 0.4) is 0 Å². The molecule has 0 aromatic heterocycles. The smallest absolute Gasteiger partial charge is 0.0613 e. The summed E-state index contributed by atoms with van der Waals surface area (Å²) in [4.78, 5) is 0. The molecule has 0 spiro atoms. The molecule has 1 aromatic carbocycles. The molecule has 0 amide bonds. The molecular weight excluding hydrogens is 180 g/mol. The monoisotopic (exact) mass is 206 g/mol. The Morgan fingerprint density at radius 1 is 0.933 bits per heavy atom. The standard InChI is InChI=1S/C15H24/c1-6-12-10-11(5)13(7-2)15(9-4)14(12)8-3/h10H,6-9H2,1-5H3/i5D,10D. The zero-order valence-corrected chi connectivity index (χ0v) is 10.5. The van der Waals surface area contributed by atoms with Crippen LogP contribution in [0.15, 0.2) is 6.04 Å². The number of hydrogen-bond acceptors (Lipinski definition) is 0. The van der Waals surface area contributed by atoms with Crippen LogP contribution in [-0.4, -0.2) is 0 Å². The maximum atomic E-state index is 8.29. The summed E-state index contributed by atoms with van der Waals surface area (Å²) in [6, 6.07) is 0.633. The molecule has 0 heteroatoms. The summed E-state index contributed by atoms with van der Waals surface area (Å²) in [7, 11) is 0. The van der Waals surface area contributed by atoms with Gasteiger partial charge in [-0.25, -0.2) is 0 Å². The van der Waals surface area contributed by atoms with Crippen molar-refractivity contribution in [2.45, 2.75) is 60.3 Å². The fourth-order valence-corrected chi connectivity index (χ4v) is 2.46. The Morgan fingerprint density at radius 2 is 1.53 bits per heavy atom. The molecule has 0 fully saturated rings. The topological polar surface area (TPSA) is 0 Å². The molecule has 0 saturated heterocycles. The van der Waals surface area contributed by atoms with E-state index >= 15 is 0 Å². The van der Waals surface area contributed by atoms with Crippen molar-refractivity contribution in [3.05, 3.63) is 33.9 Å². The maximum Gasteiger partial charge on any atom is 0.0629 e. The van der Waals surface area contributed by atoms with Gasteiger partial charge in [-0.3, -0.25) is 0 Å². The van der Waals surface area contributed by atoms with Gasteiger partial charge >= 0.3 is 0 Å². The second-order valence-corrected chi connectivity index (χ2v) is 3.93. The van der Waals surface area contributed by atoms with Gasteiger partial charge in [-0.1, -0.05) is 33.7 Å². The second-order valence-electron chi connectivity index (χ2n) is 3.93. The molecular formula is C15H24. The fourth-order valence-electron chi connectivity index (χ4n) is 2.46. The lowest BCUT2D eigenvalue weighted by molar-refractivity contribution is 0.933. The summed E-state index contributed by atoms with van der Waals surface area (Å²) in [5.41, 5.74) is 6.17. The molecule has 0 radical (unpaired) electrons. The number of benzene rings is 1. The van der Waals surface area contributed by atoms with Crippen molar-refractivity contribution in [1.29, 1.82) is 0 Å². The molecule has 0 heterocycles. The van der Waals surface area contributed by atoms with Crippen molar-refractivity contribution >= 4 is 0 Å². The Bertz CT molecular complexity index is 361. The Morgan fingerprint density at radius 3 is 1.93 bits per heavy atom. The van der Waals surface area contributed by atoms with Gasteiger partial charge in [-0.15, -0.1) is 0 Å².